The molecular weight excluding hydrogens is 294 g/mol. The first-order chi connectivity index (χ1) is 9.92. The first kappa shape index (κ1) is 14.9. The number of benzene rings is 1. The van der Waals surface area contributed by atoms with Gasteiger partial charge in [0, 0.05) is 17.5 Å². The van der Waals surface area contributed by atoms with Crippen molar-refractivity contribution in [3.63, 3.8) is 0 Å². The second-order valence-electron chi connectivity index (χ2n) is 4.26. The average Bonchev–Trinajstić information content (AvgIpc) is 2.44. The number of aromatic nitrogens is 3. The lowest BCUT2D eigenvalue weighted by Gasteiger charge is -2.08. The SMILES string of the molecule is Cc1cc(Sc2nc(=O)c(=O)[nH]n2C)ccc1/C(N)=N/O. The monoisotopic (exact) mass is 307 g/mol. The summed E-state index contributed by atoms with van der Waals surface area (Å²) in [5.41, 5.74) is 5.38. The minimum absolute atomic E-state index is 0.0265. The molecule has 4 N–H and O–H groups in total. The first-order valence-electron chi connectivity index (χ1n) is 5.86. The maximum absolute atomic E-state index is 11.3. The van der Waals surface area contributed by atoms with Crippen molar-refractivity contribution in [3.8, 4) is 0 Å². The molecule has 1 heterocycles. The Labute approximate surface area is 123 Å². The number of amidine groups is 1. The number of H-pyrrole nitrogens is 1. The summed E-state index contributed by atoms with van der Waals surface area (Å²) in [7, 11) is 1.59. The average molecular weight is 307 g/mol. The number of aromatic amines is 1. The predicted molar refractivity (Wildman–Crippen MR) is 77.9 cm³/mol. The molecule has 1 aromatic heterocycles. The van der Waals surface area contributed by atoms with Crippen LogP contribution in [0.15, 0.2) is 43.0 Å². The molecule has 0 saturated heterocycles. The second-order valence-corrected chi connectivity index (χ2v) is 5.30. The summed E-state index contributed by atoms with van der Waals surface area (Å²) < 4.78 is 1.38. The Kier molecular flexibility index (Phi) is 4.13. The number of aryl methyl sites for hydroxylation is 2. The highest BCUT2D eigenvalue weighted by Gasteiger charge is 2.09. The fourth-order valence-corrected chi connectivity index (χ4v) is 2.59. The third kappa shape index (κ3) is 3.14. The molecule has 21 heavy (non-hydrogen) atoms. The highest BCUT2D eigenvalue weighted by atomic mass is 32.2. The van der Waals surface area contributed by atoms with Crippen molar-refractivity contribution in [2.75, 3.05) is 0 Å². The van der Waals surface area contributed by atoms with Crippen molar-refractivity contribution in [1.29, 1.82) is 0 Å². The Morgan fingerprint density at radius 1 is 1.48 bits per heavy atom. The van der Waals surface area contributed by atoms with Gasteiger partial charge in [-0.1, -0.05) is 16.9 Å². The fraction of sp³-hybridized carbons (Fsp3) is 0.167. The van der Waals surface area contributed by atoms with Gasteiger partial charge in [-0.25, -0.2) is 0 Å². The fourth-order valence-electron chi connectivity index (χ4n) is 1.70. The van der Waals surface area contributed by atoms with Gasteiger partial charge in [-0.3, -0.25) is 19.4 Å². The van der Waals surface area contributed by atoms with Gasteiger partial charge in [0.15, 0.2) is 11.0 Å². The Balaban J connectivity index is 2.37. The van der Waals surface area contributed by atoms with Gasteiger partial charge in [0.1, 0.15) is 0 Å². The number of hydrogen-bond donors (Lipinski definition) is 3. The van der Waals surface area contributed by atoms with Crippen LogP contribution in [-0.4, -0.2) is 25.8 Å². The molecule has 0 radical (unpaired) electrons. The molecule has 0 fully saturated rings. The zero-order valence-corrected chi connectivity index (χ0v) is 12.1. The van der Waals surface area contributed by atoms with E-state index in [0.717, 1.165) is 10.5 Å². The van der Waals surface area contributed by atoms with Crippen molar-refractivity contribution in [3.05, 3.63) is 50.0 Å². The molecule has 0 saturated carbocycles. The second kappa shape index (κ2) is 5.83. The molecular formula is C12H13N5O3S. The summed E-state index contributed by atoms with van der Waals surface area (Å²) >= 11 is 1.22. The van der Waals surface area contributed by atoms with Gasteiger partial charge in [0.25, 0.3) is 0 Å². The van der Waals surface area contributed by atoms with E-state index in [1.54, 1.807) is 19.2 Å². The number of nitrogens with zero attached hydrogens (tertiary/aromatic N) is 3. The molecule has 9 heteroatoms. The Morgan fingerprint density at radius 3 is 2.81 bits per heavy atom. The van der Waals surface area contributed by atoms with E-state index in [4.69, 9.17) is 10.9 Å². The van der Waals surface area contributed by atoms with Gasteiger partial charge in [-0.15, -0.1) is 0 Å². The molecule has 0 aliphatic rings. The number of nitrogens with two attached hydrogens (primary N) is 1. The van der Waals surface area contributed by atoms with E-state index in [2.05, 4.69) is 15.2 Å². The summed E-state index contributed by atoms with van der Waals surface area (Å²) in [4.78, 5) is 26.9. The minimum Gasteiger partial charge on any atom is -0.409 e. The van der Waals surface area contributed by atoms with E-state index in [0.29, 0.717) is 10.7 Å². The molecule has 0 amide bonds. The molecule has 0 aliphatic carbocycles. The van der Waals surface area contributed by atoms with E-state index >= 15 is 0 Å². The molecule has 0 bridgehead atoms. The van der Waals surface area contributed by atoms with Crippen molar-refractivity contribution in [2.45, 2.75) is 17.0 Å². The lowest BCUT2D eigenvalue weighted by Crippen LogP contribution is -2.33. The van der Waals surface area contributed by atoms with E-state index in [9.17, 15) is 9.59 Å². The van der Waals surface area contributed by atoms with Gasteiger partial charge < -0.3 is 10.9 Å². The van der Waals surface area contributed by atoms with Gasteiger partial charge in [-0.05, 0) is 30.7 Å². The first-order valence-corrected chi connectivity index (χ1v) is 6.67. The molecule has 0 spiro atoms. The topological polar surface area (TPSA) is 126 Å². The van der Waals surface area contributed by atoms with Crippen molar-refractivity contribution < 1.29 is 5.21 Å². The molecule has 0 atom stereocenters. The molecule has 8 nitrogen and oxygen atoms in total. The smallest absolute Gasteiger partial charge is 0.339 e. The third-order valence-electron chi connectivity index (χ3n) is 2.74. The number of hydrogen-bond acceptors (Lipinski definition) is 6. The van der Waals surface area contributed by atoms with Crippen molar-refractivity contribution in [2.24, 2.45) is 17.9 Å². The summed E-state index contributed by atoms with van der Waals surface area (Å²) in [6.45, 7) is 1.82. The van der Waals surface area contributed by atoms with Crippen molar-refractivity contribution in [1.82, 2.24) is 14.8 Å². The summed E-state index contributed by atoms with van der Waals surface area (Å²) in [6.07, 6.45) is 0. The molecule has 110 valence electrons. The molecule has 2 aromatic rings. The van der Waals surface area contributed by atoms with Crippen LogP contribution in [0, 0.1) is 6.92 Å². The van der Waals surface area contributed by atoms with E-state index in [1.165, 1.54) is 16.4 Å². The van der Waals surface area contributed by atoms with E-state index in [1.807, 2.05) is 13.0 Å². The highest BCUT2D eigenvalue weighted by Crippen LogP contribution is 2.26. The zero-order valence-electron chi connectivity index (χ0n) is 11.3. The Morgan fingerprint density at radius 2 is 2.19 bits per heavy atom. The summed E-state index contributed by atoms with van der Waals surface area (Å²) in [6, 6.07) is 5.27. The van der Waals surface area contributed by atoms with Crippen LogP contribution in [0.25, 0.3) is 0 Å². The lowest BCUT2D eigenvalue weighted by molar-refractivity contribution is 0.318. The van der Waals surface area contributed by atoms with Crippen LogP contribution in [0.2, 0.25) is 0 Å². The maximum atomic E-state index is 11.3. The van der Waals surface area contributed by atoms with Crippen LogP contribution < -0.4 is 16.9 Å². The van der Waals surface area contributed by atoms with Crippen LogP contribution in [0.3, 0.4) is 0 Å². The molecule has 2 rings (SSSR count). The van der Waals surface area contributed by atoms with Gasteiger partial charge in [0.2, 0.25) is 0 Å². The van der Waals surface area contributed by atoms with E-state index in [-0.39, 0.29) is 5.84 Å². The zero-order chi connectivity index (χ0) is 15.6. The van der Waals surface area contributed by atoms with Gasteiger partial charge in [-0.2, -0.15) is 4.98 Å². The number of rotatable bonds is 3. The van der Waals surface area contributed by atoms with Crippen molar-refractivity contribution >= 4 is 17.6 Å². The third-order valence-corrected chi connectivity index (χ3v) is 3.78. The lowest BCUT2D eigenvalue weighted by atomic mass is 10.1. The van der Waals surface area contributed by atoms with Crippen LogP contribution >= 0.6 is 11.8 Å². The molecule has 0 unspecified atom stereocenters. The number of nitrogens with one attached hydrogen (secondary N) is 1. The summed E-state index contributed by atoms with van der Waals surface area (Å²) in [5, 5.41) is 14.4. The Hall–Kier alpha value is -2.55. The standard InChI is InChI=1S/C12H13N5O3S/c1-6-5-7(3-4-8(6)9(13)16-20)21-12-14-10(18)11(19)15-17(12)2/h3-5,20H,1-2H3,(H2,13,16)(H,15,19). The summed E-state index contributed by atoms with van der Waals surface area (Å²) in [5.74, 6) is 0.0265. The molecule has 1 aromatic carbocycles. The number of oxime groups is 1. The Bertz CT molecular complexity index is 824. The van der Waals surface area contributed by atoms with Crippen LogP contribution in [0.4, 0.5) is 0 Å². The maximum Gasteiger partial charge on any atom is 0.339 e. The van der Waals surface area contributed by atoms with Crippen LogP contribution in [-0.2, 0) is 7.05 Å². The van der Waals surface area contributed by atoms with Crippen LogP contribution in [0.5, 0.6) is 0 Å². The molecule has 0 aliphatic heterocycles. The van der Waals surface area contributed by atoms with Gasteiger partial charge in [0.05, 0.1) is 0 Å². The quantitative estimate of drug-likeness (QED) is 0.241. The highest BCUT2D eigenvalue weighted by molar-refractivity contribution is 7.99. The predicted octanol–water partition coefficient (Wildman–Crippen LogP) is 0.0227. The van der Waals surface area contributed by atoms with E-state index < -0.39 is 11.1 Å². The largest absolute Gasteiger partial charge is 0.409 e. The minimum atomic E-state index is -0.833. The van der Waals surface area contributed by atoms with Gasteiger partial charge >= 0.3 is 11.1 Å². The van der Waals surface area contributed by atoms with Crippen LogP contribution in [0.1, 0.15) is 11.1 Å². The normalized spacial score (nSPS) is 11.6.